The number of quaternary nitrogens is 2. The minimum Gasteiger partial charge on any atom is -0.464 e. The van der Waals surface area contributed by atoms with Gasteiger partial charge in [0, 0.05) is 6.54 Å². The van der Waals surface area contributed by atoms with Crippen molar-refractivity contribution in [1.29, 1.82) is 0 Å². The highest BCUT2D eigenvalue weighted by atomic mass is 16.5. The van der Waals surface area contributed by atoms with Crippen molar-refractivity contribution >= 4 is 17.9 Å². The molecule has 0 aliphatic carbocycles. The summed E-state index contributed by atoms with van der Waals surface area (Å²) in [4.78, 5) is 40.1. The molecule has 0 aromatic rings. The van der Waals surface area contributed by atoms with Gasteiger partial charge in [0.1, 0.15) is 32.9 Å². The standard InChI is InChI=1S/C32H65N3O6/c1-12-15-18-34(8,9)20-23-40-27(36)30(4,5)25-32(7,29(38)39-22-17-33)26-31(6,14-3)28(37)41-24-21-35(10,11)19-16-13-2/h12-26,33H2,1-11H3/q+2. The van der Waals surface area contributed by atoms with E-state index in [4.69, 9.17) is 19.9 Å². The maximum atomic E-state index is 13.4. The SMILES string of the molecule is CCCC[N+](C)(C)CCOC(=O)C(C)(C)CC(C)(CC(C)(CC)C(=O)OCC[N+](C)(C)CCCC)C(=O)OCCN. The number of esters is 3. The fraction of sp³-hybridized carbons (Fsp3) is 0.906. The van der Waals surface area contributed by atoms with Crippen LogP contribution in [-0.4, -0.2) is 108 Å². The number of hydrogen-bond donors (Lipinski definition) is 1. The predicted octanol–water partition coefficient (Wildman–Crippen LogP) is 4.56. The molecule has 0 heterocycles. The number of likely N-dealkylation sites (N-methyl/N-ethyl adjacent to an activating group) is 2. The van der Waals surface area contributed by atoms with Gasteiger partial charge in [-0.25, -0.2) is 0 Å². The lowest BCUT2D eigenvalue weighted by molar-refractivity contribution is -0.890. The van der Waals surface area contributed by atoms with Crippen LogP contribution in [0.5, 0.6) is 0 Å². The molecular weight excluding hydrogens is 522 g/mol. The van der Waals surface area contributed by atoms with Gasteiger partial charge in [-0.3, -0.25) is 14.4 Å². The molecule has 9 nitrogen and oxygen atoms in total. The van der Waals surface area contributed by atoms with Gasteiger partial charge in [0.2, 0.25) is 0 Å². The Hall–Kier alpha value is -1.71. The van der Waals surface area contributed by atoms with Crippen LogP contribution < -0.4 is 5.73 Å². The molecule has 0 amide bonds. The number of rotatable bonds is 22. The number of carbonyl (C=O) groups is 3. The van der Waals surface area contributed by atoms with Crippen molar-refractivity contribution in [2.24, 2.45) is 22.0 Å². The summed E-state index contributed by atoms with van der Waals surface area (Å²) in [5.41, 5.74) is 2.57. The van der Waals surface area contributed by atoms with E-state index in [1.54, 1.807) is 20.8 Å². The molecule has 2 unspecified atom stereocenters. The Kier molecular flexibility index (Phi) is 16.7. The Labute approximate surface area is 251 Å². The number of carbonyl (C=O) groups excluding carboxylic acids is 3. The Morgan fingerprint density at radius 1 is 0.610 bits per heavy atom. The van der Waals surface area contributed by atoms with Crippen LogP contribution in [0.3, 0.4) is 0 Å². The third-order valence-corrected chi connectivity index (χ3v) is 8.38. The lowest BCUT2D eigenvalue weighted by atomic mass is 9.65. The van der Waals surface area contributed by atoms with Gasteiger partial charge in [-0.2, -0.15) is 0 Å². The topological polar surface area (TPSA) is 105 Å². The molecule has 0 aliphatic rings. The Morgan fingerprint density at radius 3 is 1.44 bits per heavy atom. The largest absolute Gasteiger partial charge is 0.464 e. The van der Waals surface area contributed by atoms with E-state index in [0.29, 0.717) is 32.7 Å². The van der Waals surface area contributed by atoms with E-state index >= 15 is 0 Å². The first kappa shape index (κ1) is 39.3. The van der Waals surface area contributed by atoms with Crippen molar-refractivity contribution in [3.8, 4) is 0 Å². The minimum atomic E-state index is -1.13. The monoisotopic (exact) mass is 587 g/mol. The summed E-state index contributed by atoms with van der Waals surface area (Å²) in [7, 11) is 8.54. The molecule has 9 heteroatoms. The molecule has 0 radical (unpaired) electrons. The minimum absolute atomic E-state index is 0.0715. The van der Waals surface area contributed by atoms with Crippen molar-refractivity contribution in [2.75, 3.05) is 80.7 Å². The molecule has 0 bridgehead atoms. The van der Waals surface area contributed by atoms with Gasteiger partial charge in [-0.1, -0.05) is 33.6 Å². The highest BCUT2D eigenvalue weighted by Crippen LogP contribution is 2.45. The van der Waals surface area contributed by atoms with Crippen LogP contribution in [0.2, 0.25) is 0 Å². The van der Waals surface area contributed by atoms with Gasteiger partial charge in [-0.15, -0.1) is 0 Å². The zero-order chi connectivity index (χ0) is 32.0. The molecule has 2 atom stereocenters. The molecular formula is C32H65N3O6+2. The van der Waals surface area contributed by atoms with E-state index in [2.05, 4.69) is 42.0 Å². The fourth-order valence-corrected chi connectivity index (χ4v) is 5.32. The van der Waals surface area contributed by atoms with Gasteiger partial charge in [-0.05, 0) is 59.8 Å². The van der Waals surface area contributed by atoms with Crippen molar-refractivity contribution in [2.45, 2.75) is 93.4 Å². The summed E-state index contributed by atoms with van der Waals surface area (Å²) in [5, 5.41) is 0. The van der Waals surface area contributed by atoms with Gasteiger partial charge >= 0.3 is 17.9 Å². The molecule has 41 heavy (non-hydrogen) atoms. The Bertz CT molecular complexity index is 813. The maximum absolute atomic E-state index is 13.4. The third kappa shape index (κ3) is 14.3. The van der Waals surface area contributed by atoms with Crippen LogP contribution in [0.25, 0.3) is 0 Å². The quantitative estimate of drug-likeness (QED) is 0.113. The summed E-state index contributed by atoms with van der Waals surface area (Å²) in [6.07, 6.45) is 5.30. The third-order valence-electron chi connectivity index (χ3n) is 8.38. The first-order chi connectivity index (χ1) is 18.8. The molecule has 242 valence electrons. The molecule has 0 aromatic heterocycles. The number of hydrogen-bond acceptors (Lipinski definition) is 7. The van der Waals surface area contributed by atoms with E-state index in [9.17, 15) is 14.4 Å². The highest BCUT2D eigenvalue weighted by molar-refractivity contribution is 5.82. The molecule has 0 fully saturated rings. The van der Waals surface area contributed by atoms with Crippen LogP contribution in [0.15, 0.2) is 0 Å². The lowest BCUT2D eigenvalue weighted by Crippen LogP contribution is -2.46. The van der Waals surface area contributed by atoms with Crippen LogP contribution in [0, 0.1) is 16.2 Å². The smallest absolute Gasteiger partial charge is 0.312 e. The van der Waals surface area contributed by atoms with Crippen molar-refractivity contribution in [3.63, 3.8) is 0 Å². The van der Waals surface area contributed by atoms with Crippen molar-refractivity contribution in [3.05, 3.63) is 0 Å². The number of ether oxygens (including phenoxy) is 3. The molecule has 0 aromatic carbocycles. The number of nitrogens with two attached hydrogens (primary N) is 1. The first-order valence-corrected chi connectivity index (χ1v) is 15.7. The second kappa shape index (κ2) is 17.4. The number of unbranched alkanes of at least 4 members (excludes halogenated alkanes) is 2. The Morgan fingerprint density at radius 2 is 1.02 bits per heavy atom. The molecule has 0 aliphatic heterocycles. The average molecular weight is 588 g/mol. The van der Waals surface area contributed by atoms with E-state index < -0.39 is 22.2 Å². The first-order valence-electron chi connectivity index (χ1n) is 15.7. The summed E-state index contributed by atoms with van der Waals surface area (Å²) in [6, 6.07) is 0. The summed E-state index contributed by atoms with van der Waals surface area (Å²) in [5.74, 6) is -1.16. The van der Waals surface area contributed by atoms with Crippen LogP contribution in [-0.2, 0) is 28.6 Å². The van der Waals surface area contributed by atoms with Gasteiger partial charge in [0.15, 0.2) is 0 Å². The summed E-state index contributed by atoms with van der Waals surface area (Å²) >= 11 is 0. The van der Waals surface area contributed by atoms with Gasteiger partial charge in [0.05, 0.1) is 57.5 Å². The number of nitrogens with zero attached hydrogens (tertiary/aromatic N) is 2. The lowest BCUT2D eigenvalue weighted by Gasteiger charge is -2.40. The second-order valence-electron chi connectivity index (χ2n) is 14.4. The summed E-state index contributed by atoms with van der Waals surface area (Å²) in [6.45, 7) is 17.8. The van der Waals surface area contributed by atoms with Gasteiger partial charge in [0.25, 0.3) is 0 Å². The van der Waals surface area contributed by atoms with Crippen LogP contribution >= 0.6 is 0 Å². The zero-order valence-electron chi connectivity index (χ0n) is 28.5. The normalized spacial score (nSPS) is 15.5. The van der Waals surface area contributed by atoms with Crippen molar-refractivity contribution in [1.82, 2.24) is 0 Å². The molecule has 0 spiro atoms. The van der Waals surface area contributed by atoms with E-state index in [-0.39, 0.29) is 37.9 Å². The average Bonchev–Trinajstić information content (AvgIpc) is 2.88. The summed E-state index contributed by atoms with van der Waals surface area (Å²) < 4.78 is 18.6. The predicted molar refractivity (Wildman–Crippen MR) is 165 cm³/mol. The molecule has 0 saturated heterocycles. The second-order valence-corrected chi connectivity index (χ2v) is 14.4. The van der Waals surface area contributed by atoms with E-state index in [1.807, 2.05) is 13.8 Å². The maximum Gasteiger partial charge on any atom is 0.312 e. The molecule has 0 saturated carbocycles. The zero-order valence-corrected chi connectivity index (χ0v) is 28.5. The fourth-order valence-electron chi connectivity index (χ4n) is 5.32. The highest BCUT2D eigenvalue weighted by Gasteiger charge is 2.50. The van der Waals surface area contributed by atoms with E-state index in [1.165, 1.54) is 0 Å². The molecule has 2 N–H and O–H groups in total. The Balaban J connectivity index is 5.68. The van der Waals surface area contributed by atoms with Crippen molar-refractivity contribution < 1.29 is 37.6 Å². The van der Waals surface area contributed by atoms with Gasteiger partial charge < -0.3 is 28.9 Å². The van der Waals surface area contributed by atoms with Crippen LogP contribution in [0.4, 0.5) is 0 Å². The van der Waals surface area contributed by atoms with E-state index in [0.717, 1.165) is 47.7 Å². The van der Waals surface area contributed by atoms with Crippen LogP contribution in [0.1, 0.15) is 93.4 Å². The molecule has 0 rings (SSSR count).